The van der Waals surface area contributed by atoms with E-state index in [4.69, 9.17) is 4.74 Å². The molecule has 0 N–H and O–H groups in total. The van der Waals surface area contributed by atoms with Crippen LogP contribution in [0, 0.1) is 19.8 Å². The molecule has 0 amide bonds. The third kappa shape index (κ3) is 4.86. The van der Waals surface area contributed by atoms with Crippen LogP contribution in [-0.4, -0.2) is 17.8 Å². The van der Waals surface area contributed by atoms with Crippen LogP contribution in [0.15, 0.2) is 23.2 Å². The van der Waals surface area contributed by atoms with Gasteiger partial charge in [-0.25, -0.2) is 9.79 Å². The van der Waals surface area contributed by atoms with E-state index in [0.717, 1.165) is 16.8 Å². The average Bonchev–Trinajstić information content (AvgIpc) is 2.22. The fraction of sp³-hybridized carbons (Fsp3) is 0.500. The molecule has 0 fully saturated rings. The van der Waals surface area contributed by atoms with Crippen molar-refractivity contribution < 1.29 is 9.53 Å². The zero-order valence-corrected chi connectivity index (χ0v) is 12.7. The van der Waals surface area contributed by atoms with Crippen molar-refractivity contribution in [2.24, 2.45) is 10.9 Å². The molecule has 0 aliphatic rings. The van der Waals surface area contributed by atoms with E-state index in [-0.39, 0.29) is 18.0 Å². The fourth-order valence-corrected chi connectivity index (χ4v) is 1.84. The molecule has 0 aliphatic heterocycles. The maximum Gasteiger partial charge on any atom is 0.353 e. The summed E-state index contributed by atoms with van der Waals surface area (Å²) in [4.78, 5) is 16.5. The average molecular weight is 261 g/mol. The van der Waals surface area contributed by atoms with Crippen molar-refractivity contribution in [2.45, 2.75) is 47.6 Å². The Balaban J connectivity index is 3.10. The summed E-state index contributed by atoms with van der Waals surface area (Å²) < 4.78 is 5.24. The van der Waals surface area contributed by atoms with Crippen LogP contribution in [0.25, 0.3) is 0 Å². The van der Waals surface area contributed by atoms with Crippen molar-refractivity contribution in [3.63, 3.8) is 0 Å². The van der Waals surface area contributed by atoms with Gasteiger partial charge in [0.2, 0.25) is 0 Å². The summed E-state index contributed by atoms with van der Waals surface area (Å²) in [6.45, 7) is 11.6. The van der Waals surface area contributed by atoms with Crippen molar-refractivity contribution in [3.05, 3.63) is 29.3 Å². The Morgan fingerprint density at radius 2 is 1.58 bits per heavy atom. The lowest BCUT2D eigenvalue weighted by molar-refractivity contribution is -0.139. The summed E-state index contributed by atoms with van der Waals surface area (Å²) in [5.41, 5.74) is 3.55. The van der Waals surface area contributed by atoms with Crippen LogP contribution in [0.4, 0.5) is 5.69 Å². The third-order valence-electron chi connectivity index (χ3n) is 2.55. The van der Waals surface area contributed by atoms with Gasteiger partial charge in [-0.15, -0.1) is 0 Å². The number of benzene rings is 1. The molecule has 0 saturated carbocycles. The smallest absolute Gasteiger partial charge is 0.353 e. The topological polar surface area (TPSA) is 38.7 Å². The molecule has 19 heavy (non-hydrogen) atoms. The Morgan fingerprint density at radius 3 is 2.00 bits per heavy atom. The number of aryl methyl sites for hydroxylation is 2. The van der Waals surface area contributed by atoms with Crippen molar-refractivity contribution in [3.8, 4) is 0 Å². The third-order valence-corrected chi connectivity index (χ3v) is 2.55. The number of rotatable bonds is 4. The van der Waals surface area contributed by atoms with Gasteiger partial charge in [0, 0.05) is 5.92 Å². The minimum absolute atomic E-state index is 0.0343. The van der Waals surface area contributed by atoms with Crippen LogP contribution < -0.4 is 0 Å². The van der Waals surface area contributed by atoms with Crippen LogP contribution >= 0.6 is 0 Å². The van der Waals surface area contributed by atoms with Crippen LogP contribution in [0.1, 0.15) is 38.8 Å². The van der Waals surface area contributed by atoms with Crippen LogP contribution in [-0.2, 0) is 9.53 Å². The molecule has 3 heteroatoms. The number of aliphatic imine (C=N–C) groups is 1. The first-order valence-electron chi connectivity index (χ1n) is 6.67. The maximum atomic E-state index is 12.0. The van der Waals surface area contributed by atoms with Gasteiger partial charge in [0.05, 0.1) is 11.8 Å². The second-order valence-corrected chi connectivity index (χ2v) is 5.45. The lowest BCUT2D eigenvalue weighted by Crippen LogP contribution is -2.25. The Hall–Kier alpha value is -1.64. The van der Waals surface area contributed by atoms with Gasteiger partial charge in [-0.05, 0) is 51.0 Å². The van der Waals surface area contributed by atoms with Gasteiger partial charge in [0.1, 0.15) is 5.71 Å². The summed E-state index contributed by atoms with van der Waals surface area (Å²) in [5, 5.41) is 0. The lowest BCUT2D eigenvalue weighted by Gasteiger charge is -2.13. The number of carbonyl (C=O) groups is 1. The number of ether oxygens (including phenoxy) is 1. The van der Waals surface area contributed by atoms with Crippen LogP contribution in [0.5, 0.6) is 0 Å². The Bertz CT molecular complexity index is 467. The predicted octanol–water partition coefficient (Wildman–Crippen LogP) is 3.98. The molecule has 0 saturated heterocycles. The van der Waals surface area contributed by atoms with Gasteiger partial charge in [-0.3, -0.25) is 0 Å². The molecular formula is C16H23NO2. The molecule has 1 aromatic rings. The second kappa shape index (κ2) is 6.50. The van der Waals surface area contributed by atoms with Gasteiger partial charge in [-0.1, -0.05) is 19.9 Å². The van der Waals surface area contributed by atoms with E-state index < -0.39 is 0 Å². The Labute approximate surface area is 115 Å². The first kappa shape index (κ1) is 15.4. The number of hydrogen-bond acceptors (Lipinski definition) is 3. The highest BCUT2D eigenvalue weighted by Gasteiger charge is 2.18. The van der Waals surface area contributed by atoms with Crippen molar-refractivity contribution >= 4 is 17.4 Å². The van der Waals surface area contributed by atoms with E-state index in [0.29, 0.717) is 5.71 Å². The fourth-order valence-electron chi connectivity index (χ4n) is 1.84. The van der Waals surface area contributed by atoms with E-state index in [1.807, 2.05) is 53.7 Å². The molecule has 0 atom stereocenters. The molecule has 1 rings (SSSR count). The maximum absolute atomic E-state index is 12.0. The summed E-state index contributed by atoms with van der Waals surface area (Å²) in [7, 11) is 0. The minimum Gasteiger partial charge on any atom is -0.458 e. The zero-order chi connectivity index (χ0) is 14.6. The van der Waals surface area contributed by atoms with Crippen molar-refractivity contribution in [1.29, 1.82) is 0 Å². The lowest BCUT2D eigenvalue weighted by atomic mass is 10.1. The monoisotopic (exact) mass is 261 g/mol. The van der Waals surface area contributed by atoms with E-state index in [2.05, 4.69) is 11.1 Å². The first-order chi connectivity index (χ1) is 8.79. The highest BCUT2D eigenvalue weighted by molar-refractivity contribution is 6.37. The molecule has 0 aliphatic carbocycles. The Kier molecular flexibility index (Phi) is 5.28. The molecule has 104 valence electrons. The quantitative estimate of drug-likeness (QED) is 0.607. The second-order valence-electron chi connectivity index (χ2n) is 5.45. The molecule has 0 spiro atoms. The normalized spacial score (nSPS) is 12.1. The van der Waals surface area contributed by atoms with Gasteiger partial charge < -0.3 is 4.74 Å². The largest absolute Gasteiger partial charge is 0.458 e. The number of hydrogen-bond donors (Lipinski definition) is 0. The molecular weight excluding hydrogens is 238 g/mol. The van der Waals surface area contributed by atoms with E-state index >= 15 is 0 Å². The number of nitrogens with zero attached hydrogens (tertiary/aromatic N) is 1. The molecule has 3 nitrogen and oxygen atoms in total. The SMILES string of the molecule is Cc1cc(C)cc(/N=C(\C(=O)OC(C)C)C(C)C)c1. The van der Waals surface area contributed by atoms with Crippen LogP contribution in [0.3, 0.4) is 0 Å². The highest BCUT2D eigenvalue weighted by Crippen LogP contribution is 2.19. The van der Waals surface area contributed by atoms with Crippen molar-refractivity contribution in [2.75, 3.05) is 0 Å². The molecule has 1 aromatic carbocycles. The van der Waals surface area contributed by atoms with Gasteiger partial charge in [0.25, 0.3) is 0 Å². The molecule has 0 unspecified atom stereocenters. The van der Waals surface area contributed by atoms with E-state index in [1.165, 1.54) is 0 Å². The van der Waals surface area contributed by atoms with Gasteiger partial charge in [0.15, 0.2) is 0 Å². The summed E-state index contributed by atoms with van der Waals surface area (Å²) in [6.07, 6.45) is -0.129. The molecule has 0 heterocycles. The summed E-state index contributed by atoms with van der Waals surface area (Å²) in [6, 6.07) is 6.02. The molecule has 0 bridgehead atoms. The van der Waals surface area contributed by atoms with E-state index in [1.54, 1.807) is 0 Å². The standard InChI is InChI=1S/C16H23NO2/c1-10(2)15(16(18)19-11(3)4)17-14-8-12(5)7-13(6)9-14/h7-11H,1-6H3/b17-15-. The number of carbonyl (C=O) groups excluding carboxylic acids is 1. The van der Waals surface area contributed by atoms with E-state index in [9.17, 15) is 4.79 Å². The highest BCUT2D eigenvalue weighted by atomic mass is 16.5. The molecule has 0 aromatic heterocycles. The van der Waals surface area contributed by atoms with Crippen molar-refractivity contribution in [1.82, 2.24) is 0 Å². The predicted molar refractivity (Wildman–Crippen MR) is 79.1 cm³/mol. The van der Waals surface area contributed by atoms with Gasteiger partial charge >= 0.3 is 5.97 Å². The number of esters is 1. The zero-order valence-electron chi connectivity index (χ0n) is 12.7. The van der Waals surface area contributed by atoms with Gasteiger partial charge in [-0.2, -0.15) is 0 Å². The van der Waals surface area contributed by atoms with Crippen LogP contribution in [0.2, 0.25) is 0 Å². The first-order valence-corrected chi connectivity index (χ1v) is 6.67. The Morgan fingerprint density at radius 1 is 1.05 bits per heavy atom. The molecule has 0 radical (unpaired) electrons. The minimum atomic E-state index is -0.329. The summed E-state index contributed by atoms with van der Waals surface area (Å²) in [5.74, 6) is -0.295. The summed E-state index contributed by atoms with van der Waals surface area (Å²) >= 11 is 0.